The van der Waals surface area contributed by atoms with Gasteiger partial charge in [-0.05, 0) is 42.0 Å². The molecule has 0 aliphatic heterocycles. The Kier molecular flexibility index (Phi) is 6.58. The maximum atomic E-state index is 11.7. The summed E-state index contributed by atoms with van der Waals surface area (Å²) < 4.78 is 4.85. The number of nitrogens with zero attached hydrogens (tertiary/aromatic N) is 1. The van der Waals surface area contributed by atoms with E-state index in [0.29, 0.717) is 26.9 Å². The van der Waals surface area contributed by atoms with Gasteiger partial charge in [0.2, 0.25) is 0 Å². The van der Waals surface area contributed by atoms with Crippen LogP contribution in [0.4, 0.5) is 5.69 Å². The first-order chi connectivity index (χ1) is 12.0. The molecule has 0 unspecified atom stereocenters. The number of hydrogen-bond donors (Lipinski definition) is 1. The lowest BCUT2D eigenvalue weighted by molar-refractivity contribution is -0.142. The Balaban J connectivity index is 1.84. The molecule has 0 saturated heterocycles. The van der Waals surface area contributed by atoms with E-state index >= 15 is 0 Å². The van der Waals surface area contributed by atoms with Crippen molar-refractivity contribution in [3.05, 3.63) is 69.7 Å². The van der Waals surface area contributed by atoms with Gasteiger partial charge in [0.05, 0.1) is 21.7 Å². The summed E-state index contributed by atoms with van der Waals surface area (Å²) in [5.74, 6) is -1.18. The number of hydrogen-bond acceptors (Lipinski definition) is 4. The minimum absolute atomic E-state index is 0.371. The topological polar surface area (TPSA) is 79.2 Å². The number of anilines is 1. The van der Waals surface area contributed by atoms with Crippen molar-refractivity contribution in [2.45, 2.75) is 0 Å². The predicted molar refractivity (Wildman–Crippen MR) is 96.2 cm³/mol. The zero-order valence-electron chi connectivity index (χ0n) is 12.8. The van der Waals surface area contributed by atoms with Crippen LogP contribution in [0.25, 0.3) is 6.08 Å². The third-order valence-electron chi connectivity index (χ3n) is 2.98. The molecule has 0 aliphatic carbocycles. The Labute approximate surface area is 154 Å². The minimum atomic E-state index is -0.674. The quantitative estimate of drug-likeness (QED) is 0.631. The molecule has 126 valence electrons. The van der Waals surface area contributed by atoms with Crippen molar-refractivity contribution in [2.24, 2.45) is 0 Å². The molecule has 0 spiro atoms. The fraction of sp³-hybridized carbons (Fsp3) is 0.0556. The van der Waals surface area contributed by atoms with Gasteiger partial charge in [0.15, 0.2) is 6.61 Å². The summed E-state index contributed by atoms with van der Waals surface area (Å²) in [6.07, 6.45) is 2.68. The van der Waals surface area contributed by atoms with Crippen LogP contribution in [0.1, 0.15) is 11.1 Å². The second kappa shape index (κ2) is 8.88. The minimum Gasteiger partial charge on any atom is -0.452 e. The maximum Gasteiger partial charge on any atom is 0.331 e. The van der Waals surface area contributed by atoms with Gasteiger partial charge in [-0.15, -0.1) is 0 Å². The Morgan fingerprint density at radius 2 is 1.96 bits per heavy atom. The number of ether oxygens (including phenoxy) is 1. The van der Waals surface area contributed by atoms with E-state index < -0.39 is 18.5 Å². The lowest BCUT2D eigenvalue weighted by Crippen LogP contribution is -2.20. The van der Waals surface area contributed by atoms with Crippen molar-refractivity contribution in [3.8, 4) is 6.07 Å². The fourth-order valence-corrected chi connectivity index (χ4v) is 2.14. The number of rotatable bonds is 5. The van der Waals surface area contributed by atoms with E-state index in [9.17, 15) is 9.59 Å². The van der Waals surface area contributed by atoms with Gasteiger partial charge in [-0.3, -0.25) is 4.79 Å². The molecule has 1 N–H and O–H groups in total. The second-order valence-electron chi connectivity index (χ2n) is 4.86. The smallest absolute Gasteiger partial charge is 0.331 e. The number of nitrogens with one attached hydrogen (secondary N) is 1. The zero-order chi connectivity index (χ0) is 18.2. The van der Waals surface area contributed by atoms with Crippen molar-refractivity contribution in [1.29, 1.82) is 5.26 Å². The van der Waals surface area contributed by atoms with Crippen LogP contribution < -0.4 is 5.32 Å². The average Bonchev–Trinajstić information content (AvgIpc) is 2.61. The van der Waals surface area contributed by atoms with E-state index in [4.69, 9.17) is 33.2 Å². The molecule has 0 radical (unpaired) electrons. The highest BCUT2D eigenvalue weighted by Crippen LogP contribution is 2.23. The van der Waals surface area contributed by atoms with Crippen LogP contribution in [0.3, 0.4) is 0 Å². The Hall–Kier alpha value is -2.81. The van der Waals surface area contributed by atoms with E-state index in [1.54, 1.807) is 36.4 Å². The van der Waals surface area contributed by atoms with Crippen LogP contribution in [-0.4, -0.2) is 18.5 Å². The third-order valence-corrected chi connectivity index (χ3v) is 3.72. The summed E-state index contributed by atoms with van der Waals surface area (Å²) in [4.78, 5) is 23.4. The molecule has 0 aromatic heterocycles. The van der Waals surface area contributed by atoms with Gasteiger partial charge in [-0.1, -0.05) is 35.3 Å². The normalized spacial score (nSPS) is 10.3. The van der Waals surface area contributed by atoms with E-state index in [-0.39, 0.29) is 0 Å². The molecule has 0 bridgehead atoms. The average molecular weight is 375 g/mol. The summed E-state index contributed by atoms with van der Waals surface area (Å²) in [6.45, 7) is -0.443. The van der Waals surface area contributed by atoms with Gasteiger partial charge in [0.25, 0.3) is 5.91 Å². The van der Waals surface area contributed by atoms with Gasteiger partial charge in [0, 0.05) is 11.8 Å². The third kappa shape index (κ3) is 5.96. The van der Waals surface area contributed by atoms with Gasteiger partial charge in [0.1, 0.15) is 0 Å². The number of halogens is 2. The first-order valence-electron chi connectivity index (χ1n) is 7.08. The monoisotopic (exact) mass is 374 g/mol. The lowest BCUT2D eigenvalue weighted by Gasteiger charge is -2.05. The number of carbonyl (C=O) groups is 2. The SMILES string of the molecule is N#Cc1cccc(NC(=O)COC(=O)/C=C/c2ccc(Cl)c(Cl)c2)c1. The van der Waals surface area contributed by atoms with E-state index in [1.165, 1.54) is 18.2 Å². The second-order valence-corrected chi connectivity index (χ2v) is 5.67. The molecule has 2 aromatic rings. The molecular formula is C18H12Cl2N2O3. The number of carbonyl (C=O) groups excluding carboxylic acids is 2. The van der Waals surface area contributed by atoms with Crippen LogP contribution >= 0.6 is 23.2 Å². The molecule has 0 aliphatic rings. The highest BCUT2D eigenvalue weighted by molar-refractivity contribution is 6.42. The van der Waals surface area contributed by atoms with Crippen molar-refractivity contribution < 1.29 is 14.3 Å². The molecule has 7 heteroatoms. The summed E-state index contributed by atoms with van der Waals surface area (Å²) in [6, 6.07) is 13.3. The van der Waals surface area contributed by atoms with Crippen LogP contribution in [0.2, 0.25) is 10.0 Å². The first-order valence-corrected chi connectivity index (χ1v) is 7.83. The van der Waals surface area contributed by atoms with Crippen LogP contribution in [0.5, 0.6) is 0 Å². The molecule has 2 rings (SSSR count). The number of nitriles is 1. The van der Waals surface area contributed by atoms with Gasteiger partial charge in [-0.2, -0.15) is 5.26 Å². The highest BCUT2D eigenvalue weighted by Gasteiger charge is 2.06. The molecule has 0 fully saturated rings. The van der Waals surface area contributed by atoms with Crippen molar-refractivity contribution >= 4 is 46.8 Å². The van der Waals surface area contributed by atoms with E-state index in [2.05, 4.69) is 5.32 Å². The highest BCUT2D eigenvalue weighted by atomic mass is 35.5. The number of amides is 1. The fourth-order valence-electron chi connectivity index (χ4n) is 1.83. The van der Waals surface area contributed by atoms with Crippen LogP contribution in [-0.2, 0) is 14.3 Å². The molecule has 2 aromatic carbocycles. The number of esters is 1. The number of benzene rings is 2. The maximum absolute atomic E-state index is 11.7. The van der Waals surface area contributed by atoms with Crippen molar-refractivity contribution in [1.82, 2.24) is 0 Å². The summed E-state index contributed by atoms with van der Waals surface area (Å²) in [5, 5.41) is 12.1. The molecule has 1 amide bonds. The van der Waals surface area contributed by atoms with Crippen LogP contribution in [0, 0.1) is 11.3 Å². The first kappa shape index (κ1) is 18.5. The lowest BCUT2D eigenvalue weighted by atomic mass is 10.2. The van der Waals surface area contributed by atoms with Crippen molar-refractivity contribution in [3.63, 3.8) is 0 Å². The predicted octanol–water partition coefficient (Wildman–Crippen LogP) is 4.06. The van der Waals surface area contributed by atoms with Gasteiger partial charge >= 0.3 is 5.97 Å². The molecule has 0 atom stereocenters. The van der Waals surface area contributed by atoms with E-state index in [1.807, 2.05) is 6.07 Å². The van der Waals surface area contributed by atoms with Crippen molar-refractivity contribution in [2.75, 3.05) is 11.9 Å². The van der Waals surface area contributed by atoms with Gasteiger partial charge in [-0.25, -0.2) is 4.79 Å². The Morgan fingerprint density at radius 1 is 1.16 bits per heavy atom. The van der Waals surface area contributed by atoms with Crippen LogP contribution in [0.15, 0.2) is 48.5 Å². The Bertz CT molecular complexity index is 873. The largest absolute Gasteiger partial charge is 0.452 e. The van der Waals surface area contributed by atoms with E-state index in [0.717, 1.165) is 0 Å². The summed E-state index contributed by atoms with van der Waals surface area (Å²) in [5.41, 5.74) is 1.54. The molecular weight excluding hydrogens is 363 g/mol. The molecule has 0 saturated carbocycles. The summed E-state index contributed by atoms with van der Waals surface area (Å²) >= 11 is 11.7. The molecule has 0 heterocycles. The molecule has 5 nitrogen and oxygen atoms in total. The Morgan fingerprint density at radius 3 is 2.68 bits per heavy atom. The van der Waals surface area contributed by atoms with Gasteiger partial charge < -0.3 is 10.1 Å². The standard InChI is InChI=1S/C18H12Cl2N2O3/c19-15-6-4-12(9-16(15)20)5-7-18(24)25-11-17(23)22-14-3-1-2-13(8-14)10-21/h1-9H,11H2,(H,22,23)/b7-5+. The zero-order valence-corrected chi connectivity index (χ0v) is 14.3. The molecule has 25 heavy (non-hydrogen) atoms. The summed E-state index contributed by atoms with van der Waals surface area (Å²) in [7, 11) is 0.